The third kappa shape index (κ3) is 10.1. The van der Waals surface area contributed by atoms with Crippen LogP contribution in [-0.4, -0.2) is 5.75 Å². The van der Waals surface area contributed by atoms with Crippen molar-refractivity contribution in [1.29, 1.82) is 0 Å². The van der Waals surface area contributed by atoms with Crippen molar-refractivity contribution in [2.24, 2.45) is 0 Å². The van der Waals surface area contributed by atoms with Crippen LogP contribution in [0.3, 0.4) is 0 Å². The maximum atomic E-state index is 2.31. The maximum Gasteiger partial charge on any atom is -0.00261 e. The summed E-state index contributed by atoms with van der Waals surface area (Å²) in [6.45, 7) is 4.49. The Hall–Kier alpha value is 0.0900. The van der Waals surface area contributed by atoms with Gasteiger partial charge in [-0.05, 0) is 24.0 Å². The molecule has 0 aliphatic carbocycles. The molecule has 12 heavy (non-hydrogen) atoms. The van der Waals surface area contributed by atoms with E-state index in [2.05, 4.69) is 25.3 Å². The lowest BCUT2D eigenvalue weighted by molar-refractivity contribution is 0.779. The van der Waals surface area contributed by atoms with Crippen LogP contribution in [0.4, 0.5) is 0 Å². The van der Waals surface area contributed by atoms with Gasteiger partial charge in [0.25, 0.3) is 0 Å². The van der Waals surface area contributed by atoms with E-state index in [4.69, 9.17) is 0 Å². The first-order chi connectivity index (χ1) is 5.91. The highest BCUT2D eigenvalue weighted by molar-refractivity contribution is 8.02. The molecule has 1 heteroatoms. The van der Waals surface area contributed by atoms with E-state index in [0.717, 1.165) is 0 Å². The zero-order valence-corrected chi connectivity index (χ0v) is 9.33. The highest BCUT2D eigenvalue weighted by Crippen LogP contribution is 2.08. The number of hydrogen-bond acceptors (Lipinski definition) is 1. The molecule has 0 bridgehead atoms. The molecule has 0 aliphatic heterocycles. The lowest BCUT2D eigenvalue weighted by Crippen LogP contribution is -1.75. The van der Waals surface area contributed by atoms with Crippen LogP contribution in [0.25, 0.3) is 0 Å². The second-order valence-electron chi connectivity index (χ2n) is 3.09. The Labute approximate surface area is 81.8 Å². The van der Waals surface area contributed by atoms with Crippen LogP contribution in [0.15, 0.2) is 11.5 Å². The van der Waals surface area contributed by atoms with E-state index in [-0.39, 0.29) is 0 Å². The second kappa shape index (κ2) is 11.1. The van der Waals surface area contributed by atoms with Crippen LogP contribution in [0.1, 0.15) is 52.4 Å². The lowest BCUT2D eigenvalue weighted by atomic mass is 10.2. The van der Waals surface area contributed by atoms with Gasteiger partial charge in [-0.1, -0.05) is 45.6 Å². The predicted molar refractivity (Wildman–Crippen MR) is 60.6 cm³/mol. The summed E-state index contributed by atoms with van der Waals surface area (Å²) in [6, 6.07) is 0. The SMILES string of the molecule is CCCC/C=C/SCCCCC. The van der Waals surface area contributed by atoms with Crippen molar-refractivity contribution in [2.45, 2.75) is 52.4 Å². The quantitative estimate of drug-likeness (QED) is 0.499. The van der Waals surface area contributed by atoms with Crippen LogP contribution in [0.2, 0.25) is 0 Å². The van der Waals surface area contributed by atoms with Gasteiger partial charge in [0.05, 0.1) is 0 Å². The molecule has 0 aromatic rings. The molecule has 0 amide bonds. The van der Waals surface area contributed by atoms with Crippen molar-refractivity contribution in [1.82, 2.24) is 0 Å². The summed E-state index contributed by atoms with van der Waals surface area (Å²) < 4.78 is 0. The van der Waals surface area contributed by atoms with Crippen LogP contribution in [0.5, 0.6) is 0 Å². The first-order valence-electron chi connectivity index (χ1n) is 5.18. The normalized spacial score (nSPS) is 11.2. The fourth-order valence-corrected chi connectivity index (χ4v) is 1.74. The Balaban J connectivity index is 2.92. The lowest BCUT2D eigenvalue weighted by Gasteiger charge is -1.94. The van der Waals surface area contributed by atoms with Gasteiger partial charge in [-0.25, -0.2) is 0 Å². The summed E-state index contributed by atoms with van der Waals surface area (Å²) in [5.74, 6) is 1.30. The molecule has 0 nitrogen and oxygen atoms in total. The molecule has 72 valence electrons. The Bertz CT molecular complexity index is 97.2. The molecule has 0 heterocycles. The molecule has 0 radical (unpaired) electrons. The number of rotatable bonds is 8. The molecular weight excluding hydrogens is 164 g/mol. The summed E-state index contributed by atoms with van der Waals surface area (Å²) in [6.07, 6.45) is 10.3. The first kappa shape index (κ1) is 12.1. The zero-order valence-electron chi connectivity index (χ0n) is 8.51. The predicted octanol–water partition coefficient (Wildman–Crippen LogP) is 4.61. The highest BCUT2D eigenvalue weighted by atomic mass is 32.2. The molecule has 0 rings (SSSR count). The summed E-state index contributed by atoms with van der Waals surface area (Å²) in [4.78, 5) is 0. The highest BCUT2D eigenvalue weighted by Gasteiger charge is 1.84. The minimum absolute atomic E-state index is 1.26. The summed E-state index contributed by atoms with van der Waals surface area (Å²) >= 11 is 1.96. The molecule has 0 aromatic carbocycles. The van der Waals surface area contributed by atoms with E-state index in [1.54, 1.807) is 0 Å². The monoisotopic (exact) mass is 186 g/mol. The van der Waals surface area contributed by atoms with E-state index >= 15 is 0 Å². The van der Waals surface area contributed by atoms with Gasteiger partial charge in [-0.3, -0.25) is 0 Å². The van der Waals surface area contributed by atoms with E-state index in [9.17, 15) is 0 Å². The van der Waals surface area contributed by atoms with E-state index in [1.807, 2.05) is 11.8 Å². The fraction of sp³-hybridized carbons (Fsp3) is 0.818. The Morgan fingerprint density at radius 2 is 1.75 bits per heavy atom. The van der Waals surface area contributed by atoms with Gasteiger partial charge < -0.3 is 0 Å². The van der Waals surface area contributed by atoms with Gasteiger partial charge in [-0.2, -0.15) is 0 Å². The van der Waals surface area contributed by atoms with Crippen LogP contribution in [-0.2, 0) is 0 Å². The van der Waals surface area contributed by atoms with E-state index < -0.39 is 0 Å². The van der Waals surface area contributed by atoms with Crippen molar-refractivity contribution in [3.8, 4) is 0 Å². The Kier molecular flexibility index (Phi) is 11.2. The standard InChI is InChI=1S/C11H22S/c1-3-5-7-9-11-12-10-8-6-4-2/h9,11H,3-8,10H2,1-2H3/b11-9+. The summed E-state index contributed by atoms with van der Waals surface area (Å²) in [5, 5.41) is 2.27. The smallest absolute Gasteiger partial charge is 0.00261 e. The van der Waals surface area contributed by atoms with Gasteiger partial charge in [0.2, 0.25) is 0 Å². The molecular formula is C11H22S. The van der Waals surface area contributed by atoms with Crippen molar-refractivity contribution >= 4 is 11.8 Å². The van der Waals surface area contributed by atoms with Crippen molar-refractivity contribution in [3.05, 3.63) is 11.5 Å². The molecule has 0 aliphatic rings. The van der Waals surface area contributed by atoms with E-state index in [1.165, 1.54) is 44.3 Å². The van der Waals surface area contributed by atoms with Crippen molar-refractivity contribution in [3.63, 3.8) is 0 Å². The number of unbranched alkanes of at least 4 members (excludes halogenated alkanes) is 4. The van der Waals surface area contributed by atoms with Gasteiger partial charge in [0.15, 0.2) is 0 Å². The fourth-order valence-electron chi connectivity index (χ4n) is 0.961. The number of thioether (sulfide) groups is 1. The second-order valence-corrected chi connectivity index (χ2v) is 4.11. The minimum Gasteiger partial charge on any atom is -0.134 e. The Morgan fingerprint density at radius 1 is 1.00 bits per heavy atom. The summed E-state index contributed by atoms with van der Waals surface area (Å²) in [5.41, 5.74) is 0. The topological polar surface area (TPSA) is 0 Å². The van der Waals surface area contributed by atoms with Crippen molar-refractivity contribution < 1.29 is 0 Å². The molecule has 0 fully saturated rings. The maximum absolute atomic E-state index is 2.31. The average Bonchev–Trinajstić information content (AvgIpc) is 2.10. The van der Waals surface area contributed by atoms with E-state index in [0.29, 0.717) is 0 Å². The molecule has 0 aromatic heterocycles. The minimum atomic E-state index is 1.26. The molecule has 0 unspecified atom stereocenters. The molecule has 0 N–H and O–H groups in total. The third-order valence-electron chi connectivity index (χ3n) is 1.78. The van der Waals surface area contributed by atoms with Crippen molar-refractivity contribution in [2.75, 3.05) is 5.75 Å². The van der Waals surface area contributed by atoms with Crippen LogP contribution >= 0.6 is 11.8 Å². The van der Waals surface area contributed by atoms with Crippen LogP contribution < -0.4 is 0 Å². The number of allylic oxidation sites excluding steroid dienone is 1. The number of hydrogen-bond donors (Lipinski definition) is 0. The molecule has 0 atom stereocenters. The third-order valence-corrected chi connectivity index (χ3v) is 2.69. The molecule has 0 saturated heterocycles. The largest absolute Gasteiger partial charge is 0.134 e. The van der Waals surface area contributed by atoms with Gasteiger partial charge in [0.1, 0.15) is 0 Å². The first-order valence-corrected chi connectivity index (χ1v) is 6.23. The zero-order chi connectivity index (χ0) is 9.07. The molecule has 0 spiro atoms. The Morgan fingerprint density at radius 3 is 2.42 bits per heavy atom. The van der Waals surface area contributed by atoms with Gasteiger partial charge >= 0.3 is 0 Å². The molecule has 0 saturated carbocycles. The van der Waals surface area contributed by atoms with Gasteiger partial charge in [0, 0.05) is 0 Å². The van der Waals surface area contributed by atoms with Gasteiger partial charge in [-0.15, -0.1) is 11.8 Å². The van der Waals surface area contributed by atoms with Crippen LogP contribution in [0, 0.1) is 0 Å². The average molecular weight is 186 g/mol. The summed E-state index contributed by atoms with van der Waals surface area (Å²) in [7, 11) is 0.